The second-order valence-corrected chi connectivity index (χ2v) is 5.41. The van der Waals surface area contributed by atoms with E-state index in [2.05, 4.69) is 24.1 Å². The molecule has 3 nitrogen and oxygen atoms in total. The van der Waals surface area contributed by atoms with Crippen LogP contribution in [0.5, 0.6) is 0 Å². The normalized spacial score (nSPS) is 35.1. The highest BCUT2D eigenvalue weighted by Gasteiger charge is 2.30. The Balaban J connectivity index is 1.91. The van der Waals surface area contributed by atoms with Gasteiger partial charge < -0.3 is 10.1 Å². The van der Waals surface area contributed by atoms with Crippen LogP contribution >= 0.6 is 0 Å². The van der Waals surface area contributed by atoms with E-state index < -0.39 is 0 Å². The van der Waals surface area contributed by atoms with E-state index in [4.69, 9.17) is 4.74 Å². The van der Waals surface area contributed by atoms with E-state index in [-0.39, 0.29) is 0 Å². The lowest BCUT2D eigenvalue weighted by Gasteiger charge is -2.42. The van der Waals surface area contributed by atoms with Crippen molar-refractivity contribution in [3.8, 4) is 0 Å². The van der Waals surface area contributed by atoms with E-state index in [0.717, 1.165) is 25.1 Å². The molecule has 2 aliphatic rings. The summed E-state index contributed by atoms with van der Waals surface area (Å²) in [5, 5.41) is 3.54. The van der Waals surface area contributed by atoms with E-state index in [1.165, 1.54) is 45.3 Å². The zero-order valence-corrected chi connectivity index (χ0v) is 11.5. The maximum Gasteiger partial charge on any atom is 0.0587 e. The summed E-state index contributed by atoms with van der Waals surface area (Å²) in [5.41, 5.74) is 0. The molecule has 2 rings (SSSR count). The Labute approximate surface area is 106 Å². The number of hydrogen-bond acceptors (Lipinski definition) is 3. The molecule has 100 valence electrons. The predicted molar refractivity (Wildman–Crippen MR) is 71.3 cm³/mol. The molecule has 0 spiro atoms. The van der Waals surface area contributed by atoms with Crippen LogP contribution in [-0.4, -0.2) is 49.3 Å². The van der Waals surface area contributed by atoms with Crippen LogP contribution in [0.15, 0.2) is 0 Å². The van der Waals surface area contributed by atoms with Crippen LogP contribution in [-0.2, 0) is 4.74 Å². The van der Waals surface area contributed by atoms with Crippen molar-refractivity contribution in [1.82, 2.24) is 10.2 Å². The quantitative estimate of drug-likeness (QED) is 0.813. The first-order chi connectivity index (χ1) is 8.35. The summed E-state index contributed by atoms with van der Waals surface area (Å²) < 4.78 is 5.80. The van der Waals surface area contributed by atoms with Gasteiger partial charge in [-0.1, -0.05) is 13.8 Å². The zero-order valence-electron chi connectivity index (χ0n) is 11.5. The first-order valence-corrected chi connectivity index (χ1v) is 7.43. The second-order valence-electron chi connectivity index (χ2n) is 5.41. The Morgan fingerprint density at radius 3 is 2.76 bits per heavy atom. The zero-order chi connectivity index (χ0) is 12.1. The lowest BCUT2D eigenvalue weighted by molar-refractivity contribution is -0.0388. The largest absolute Gasteiger partial charge is 0.378 e. The fourth-order valence-electron chi connectivity index (χ4n) is 3.38. The van der Waals surface area contributed by atoms with Gasteiger partial charge in [0.15, 0.2) is 0 Å². The van der Waals surface area contributed by atoms with Gasteiger partial charge >= 0.3 is 0 Å². The van der Waals surface area contributed by atoms with E-state index >= 15 is 0 Å². The highest BCUT2D eigenvalue weighted by Crippen LogP contribution is 2.24. The molecule has 0 radical (unpaired) electrons. The Bertz CT molecular complexity index is 216. The summed E-state index contributed by atoms with van der Waals surface area (Å²) in [6.45, 7) is 9.09. The molecule has 1 N–H and O–H groups in total. The third-order valence-electron chi connectivity index (χ3n) is 4.37. The minimum absolute atomic E-state index is 0.499. The first-order valence-electron chi connectivity index (χ1n) is 7.43. The Morgan fingerprint density at radius 1 is 1.24 bits per heavy atom. The smallest absolute Gasteiger partial charge is 0.0587 e. The minimum atomic E-state index is 0.499. The fraction of sp³-hybridized carbons (Fsp3) is 1.00. The van der Waals surface area contributed by atoms with Crippen LogP contribution in [0.25, 0.3) is 0 Å². The van der Waals surface area contributed by atoms with Crippen molar-refractivity contribution in [1.29, 1.82) is 0 Å². The second kappa shape index (κ2) is 6.72. The Morgan fingerprint density at radius 2 is 2.12 bits per heavy atom. The van der Waals surface area contributed by atoms with Crippen molar-refractivity contribution in [2.24, 2.45) is 0 Å². The summed E-state index contributed by atoms with van der Waals surface area (Å²) >= 11 is 0. The van der Waals surface area contributed by atoms with Gasteiger partial charge in [-0.3, -0.25) is 4.90 Å². The molecule has 3 heteroatoms. The maximum atomic E-state index is 5.80. The molecule has 2 saturated heterocycles. The number of piperidine rings is 1. The van der Waals surface area contributed by atoms with Gasteiger partial charge in [-0.25, -0.2) is 0 Å². The number of nitrogens with zero attached hydrogens (tertiary/aromatic N) is 1. The van der Waals surface area contributed by atoms with E-state index in [1.54, 1.807) is 0 Å². The number of rotatable bonds is 4. The fourth-order valence-corrected chi connectivity index (χ4v) is 3.38. The Hall–Kier alpha value is -0.120. The SMILES string of the molecule is CCC1CC(N(CC)C2CCCNC2)CCO1. The van der Waals surface area contributed by atoms with Gasteiger partial charge in [0.2, 0.25) is 0 Å². The van der Waals surface area contributed by atoms with Gasteiger partial charge in [-0.2, -0.15) is 0 Å². The summed E-state index contributed by atoms with van der Waals surface area (Å²) in [5.74, 6) is 0. The number of nitrogens with one attached hydrogen (secondary N) is 1. The molecule has 0 aromatic rings. The molecule has 2 fully saturated rings. The van der Waals surface area contributed by atoms with Crippen LogP contribution in [0.4, 0.5) is 0 Å². The highest BCUT2D eigenvalue weighted by atomic mass is 16.5. The van der Waals surface area contributed by atoms with Gasteiger partial charge in [0, 0.05) is 25.2 Å². The standard InChI is InChI=1S/C14H28N2O/c1-3-14-10-12(7-9-17-14)16(4-2)13-6-5-8-15-11-13/h12-15H,3-11H2,1-2H3. The summed E-state index contributed by atoms with van der Waals surface area (Å²) in [6, 6.07) is 1.51. The van der Waals surface area contributed by atoms with Crippen molar-refractivity contribution >= 4 is 0 Å². The van der Waals surface area contributed by atoms with E-state index in [0.29, 0.717) is 6.10 Å². The van der Waals surface area contributed by atoms with Crippen LogP contribution in [0.1, 0.15) is 46.0 Å². The third-order valence-corrected chi connectivity index (χ3v) is 4.37. The molecule has 0 aromatic carbocycles. The van der Waals surface area contributed by atoms with Gasteiger partial charge in [0.1, 0.15) is 0 Å². The number of ether oxygens (including phenoxy) is 1. The topological polar surface area (TPSA) is 24.5 Å². The molecular weight excluding hydrogens is 212 g/mol. The van der Waals surface area contributed by atoms with E-state index in [9.17, 15) is 0 Å². The van der Waals surface area contributed by atoms with Crippen molar-refractivity contribution in [2.45, 2.75) is 64.1 Å². The average molecular weight is 240 g/mol. The van der Waals surface area contributed by atoms with Gasteiger partial charge in [-0.05, 0) is 45.2 Å². The summed E-state index contributed by atoms with van der Waals surface area (Å²) in [7, 11) is 0. The lowest BCUT2D eigenvalue weighted by atomic mass is 9.96. The predicted octanol–water partition coefficient (Wildman–Crippen LogP) is 2.02. The van der Waals surface area contributed by atoms with Crippen LogP contribution in [0.2, 0.25) is 0 Å². The molecule has 0 amide bonds. The first kappa shape index (κ1) is 13.3. The molecule has 0 saturated carbocycles. The monoisotopic (exact) mass is 240 g/mol. The van der Waals surface area contributed by atoms with Crippen LogP contribution in [0, 0.1) is 0 Å². The van der Waals surface area contributed by atoms with Crippen molar-refractivity contribution in [3.63, 3.8) is 0 Å². The third kappa shape index (κ3) is 3.43. The van der Waals surface area contributed by atoms with Crippen LogP contribution < -0.4 is 5.32 Å². The average Bonchev–Trinajstić information content (AvgIpc) is 2.41. The van der Waals surface area contributed by atoms with Crippen molar-refractivity contribution in [2.75, 3.05) is 26.2 Å². The van der Waals surface area contributed by atoms with Gasteiger partial charge in [0.05, 0.1) is 6.10 Å². The lowest BCUT2D eigenvalue weighted by Crippen LogP contribution is -2.52. The van der Waals surface area contributed by atoms with Crippen molar-refractivity contribution < 1.29 is 4.74 Å². The maximum absolute atomic E-state index is 5.80. The van der Waals surface area contributed by atoms with Gasteiger partial charge in [-0.15, -0.1) is 0 Å². The minimum Gasteiger partial charge on any atom is -0.378 e. The molecular formula is C14H28N2O. The summed E-state index contributed by atoms with van der Waals surface area (Å²) in [6.07, 6.45) is 6.83. The number of hydrogen-bond donors (Lipinski definition) is 1. The molecule has 17 heavy (non-hydrogen) atoms. The van der Waals surface area contributed by atoms with Gasteiger partial charge in [0.25, 0.3) is 0 Å². The van der Waals surface area contributed by atoms with Crippen LogP contribution in [0.3, 0.4) is 0 Å². The highest BCUT2D eigenvalue weighted by molar-refractivity contribution is 4.86. The molecule has 3 unspecified atom stereocenters. The molecule has 0 aliphatic carbocycles. The molecule has 0 bridgehead atoms. The molecule has 2 heterocycles. The van der Waals surface area contributed by atoms with E-state index in [1.807, 2.05) is 0 Å². The Kier molecular flexibility index (Phi) is 5.26. The summed E-state index contributed by atoms with van der Waals surface area (Å²) in [4.78, 5) is 2.73. The number of likely N-dealkylation sites (N-methyl/N-ethyl adjacent to an activating group) is 1. The molecule has 3 atom stereocenters. The molecule has 0 aromatic heterocycles. The van der Waals surface area contributed by atoms with Crippen molar-refractivity contribution in [3.05, 3.63) is 0 Å². The molecule has 2 aliphatic heterocycles.